The lowest BCUT2D eigenvalue weighted by Crippen LogP contribution is -2.47. The lowest BCUT2D eigenvalue weighted by Gasteiger charge is -2.37. The Morgan fingerprint density at radius 3 is 2.71 bits per heavy atom. The fraction of sp³-hybridized carbons (Fsp3) is 0.458. The first kappa shape index (κ1) is 19.0. The summed E-state index contributed by atoms with van der Waals surface area (Å²) >= 11 is 0. The molecular formula is C24H30N2O2. The van der Waals surface area contributed by atoms with Crippen molar-refractivity contribution < 1.29 is 9.53 Å². The van der Waals surface area contributed by atoms with E-state index in [9.17, 15) is 4.79 Å². The van der Waals surface area contributed by atoms with Gasteiger partial charge in [-0.05, 0) is 60.8 Å². The van der Waals surface area contributed by atoms with Crippen LogP contribution >= 0.6 is 0 Å². The van der Waals surface area contributed by atoms with Crippen LogP contribution in [0.2, 0.25) is 0 Å². The SMILES string of the molecule is COc1cccc(CC2(C(=O)NCC(N)c3ccccc3)CC3CCC2C3)c1. The summed E-state index contributed by atoms with van der Waals surface area (Å²) in [5, 5.41) is 3.20. The highest BCUT2D eigenvalue weighted by Crippen LogP contribution is 2.57. The number of carbonyl (C=O) groups excluding carboxylic acids is 1. The molecule has 2 aromatic carbocycles. The van der Waals surface area contributed by atoms with Crippen molar-refractivity contribution in [1.82, 2.24) is 5.32 Å². The molecule has 0 radical (unpaired) electrons. The highest BCUT2D eigenvalue weighted by Gasteiger charge is 2.55. The van der Waals surface area contributed by atoms with E-state index in [1.807, 2.05) is 42.5 Å². The molecule has 4 heteroatoms. The zero-order valence-electron chi connectivity index (χ0n) is 16.6. The van der Waals surface area contributed by atoms with Crippen LogP contribution in [0.4, 0.5) is 0 Å². The maximum absolute atomic E-state index is 13.5. The predicted molar refractivity (Wildman–Crippen MR) is 111 cm³/mol. The summed E-state index contributed by atoms with van der Waals surface area (Å²) in [6, 6.07) is 17.9. The molecule has 4 unspecified atom stereocenters. The number of hydrogen-bond acceptors (Lipinski definition) is 3. The van der Waals surface area contributed by atoms with E-state index in [4.69, 9.17) is 10.5 Å². The van der Waals surface area contributed by atoms with Crippen LogP contribution in [0, 0.1) is 17.3 Å². The van der Waals surface area contributed by atoms with Crippen LogP contribution in [-0.4, -0.2) is 19.6 Å². The smallest absolute Gasteiger partial charge is 0.226 e. The highest BCUT2D eigenvalue weighted by molar-refractivity contribution is 5.84. The standard InChI is InChI=1S/C24H30N2O2/c1-28-21-9-5-6-17(13-21)14-24(15-18-10-11-20(24)12-18)23(27)26-16-22(25)19-7-3-2-4-8-19/h2-9,13,18,20,22H,10-12,14-16,25H2,1H3,(H,26,27). The zero-order valence-corrected chi connectivity index (χ0v) is 16.6. The third kappa shape index (κ3) is 3.66. The number of methoxy groups -OCH3 is 1. The molecule has 4 rings (SSSR count). The Kier molecular flexibility index (Phi) is 5.40. The molecule has 2 aliphatic carbocycles. The van der Waals surface area contributed by atoms with Gasteiger partial charge < -0.3 is 15.8 Å². The Morgan fingerprint density at radius 2 is 2.04 bits per heavy atom. The third-order valence-electron chi connectivity index (χ3n) is 6.79. The van der Waals surface area contributed by atoms with Crippen molar-refractivity contribution in [2.75, 3.05) is 13.7 Å². The van der Waals surface area contributed by atoms with Gasteiger partial charge >= 0.3 is 0 Å². The highest BCUT2D eigenvalue weighted by atomic mass is 16.5. The molecule has 1 amide bonds. The molecule has 28 heavy (non-hydrogen) atoms. The molecule has 0 spiro atoms. The van der Waals surface area contributed by atoms with Gasteiger partial charge in [0.15, 0.2) is 0 Å². The average Bonchev–Trinajstić information content (AvgIpc) is 3.34. The van der Waals surface area contributed by atoms with E-state index in [2.05, 4.69) is 17.4 Å². The van der Waals surface area contributed by atoms with Crippen molar-refractivity contribution in [3.8, 4) is 5.75 Å². The number of nitrogens with one attached hydrogen (secondary N) is 1. The van der Waals surface area contributed by atoms with Crippen LogP contribution in [0.25, 0.3) is 0 Å². The number of carbonyl (C=O) groups is 1. The van der Waals surface area contributed by atoms with Gasteiger partial charge in [0.25, 0.3) is 0 Å². The minimum absolute atomic E-state index is 0.175. The van der Waals surface area contributed by atoms with Gasteiger partial charge in [-0.25, -0.2) is 0 Å². The molecule has 0 saturated heterocycles. The second kappa shape index (κ2) is 7.96. The maximum Gasteiger partial charge on any atom is 0.226 e. The first-order chi connectivity index (χ1) is 13.6. The van der Waals surface area contributed by atoms with Crippen molar-refractivity contribution >= 4 is 5.91 Å². The minimum Gasteiger partial charge on any atom is -0.497 e. The zero-order chi connectivity index (χ0) is 19.6. The van der Waals surface area contributed by atoms with E-state index in [0.717, 1.165) is 30.6 Å². The topological polar surface area (TPSA) is 64.3 Å². The summed E-state index contributed by atoms with van der Waals surface area (Å²) in [5.74, 6) is 2.18. The second-order valence-electron chi connectivity index (χ2n) is 8.49. The van der Waals surface area contributed by atoms with Crippen molar-refractivity contribution in [3.63, 3.8) is 0 Å². The van der Waals surface area contributed by atoms with Crippen LogP contribution < -0.4 is 15.8 Å². The number of nitrogens with two attached hydrogens (primary N) is 1. The van der Waals surface area contributed by atoms with E-state index in [0.29, 0.717) is 18.4 Å². The molecule has 2 saturated carbocycles. The lowest BCUT2D eigenvalue weighted by molar-refractivity contribution is -0.134. The quantitative estimate of drug-likeness (QED) is 0.769. The number of rotatable bonds is 7. The van der Waals surface area contributed by atoms with Gasteiger partial charge in [0.05, 0.1) is 12.5 Å². The molecule has 2 fully saturated rings. The molecule has 0 aliphatic heterocycles. The van der Waals surface area contributed by atoms with Crippen LogP contribution in [0.5, 0.6) is 5.75 Å². The molecule has 2 aromatic rings. The largest absolute Gasteiger partial charge is 0.497 e. The fourth-order valence-electron chi connectivity index (χ4n) is 5.36. The fourth-order valence-corrected chi connectivity index (χ4v) is 5.36. The molecule has 148 valence electrons. The van der Waals surface area contributed by atoms with Gasteiger partial charge in [-0.1, -0.05) is 48.9 Å². The number of ether oxygens (including phenoxy) is 1. The van der Waals surface area contributed by atoms with E-state index >= 15 is 0 Å². The Bertz CT molecular complexity index is 822. The molecule has 0 heterocycles. The molecule has 3 N–H and O–H groups in total. The van der Waals surface area contributed by atoms with Crippen molar-refractivity contribution in [1.29, 1.82) is 0 Å². The normalized spacial score (nSPS) is 26.8. The Hall–Kier alpha value is -2.33. The van der Waals surface area contributed by atoms with Crippen molar-refractivity contribution in [3.05, 3.63) is 65.7 Å². The number of fused-ring (bicyclic) bond motifs is 2. The van der Waals surface area contributed by atoms with Crippen LogP contribution in [-0.2, 0) is 11.2 Å². The number of amides is 1. The van der Waals surface area contributed by atoms with Gasteiger partial charge in [-0.15, -0.1) is 0 Å². The van der Waals surface area contributed by atoms with E-state index in [1.165, 1.54) is 18.4 Å². The van der Waals surface area contributed by atoms with Crippen LogP contribution in [0.3, 0.4) is 0 Å². The Labute approximate surface area is 167 Å². The monoisotopic (exact) mass is 378 g/mol. The molecule has 2 bridgehead atoms. The van der Waals surface area contributed by atoms with Crippen molar-refractivity contribution in [2.45, 2.75) is 38.1 Å². The van der Waals surface area contributed by atoms with E-state index < -0.39 is 0 Å². The van der Waals surface area contributed by atoms with Gasteiger partial charge in [0.2, 0.25) is 5.91 Å². The Balaban J connectivity index is 1.50. The summed E-state index contributed by atoms with van der Waals surface area (Å²) in [6.07, 6.45) is 5.37. The van der Waals surface area contributed by atoms with E-state index in [-0.39, 0.29) is 17.4 Å². The van der Waals surface area contributed by atoms with Gasteiger partial charge in [0, 0.05) is 12.6 Å². The molecule has 4 atom stereocenters. The Morgan fingerprint density at radius 1 is 1.21 bits per heavy atom. The summed E-state index contributed by atoms with van der Waals surface area (Å²) in [7, 11) is 1.68. The summed E-state index contributed by atoms with van der Waals surface area (Å²) in [4.78, 5) is 13.5. The van der Waals surface area contributed by atoms with Gasteiger partial charge in [-0.2, -0.15) is 0 Å². The second-order valence-corrected chi connectivity index (χ2v) is 8.49. The number of benzene rings is 2. The molecule has 4 nitrogen and oxygen atoms in total. The average molecular weight is 379 g/mol. The molecular weight excluding hydrogens is 348 g/mol. The molecule has 2 aliphatic rings. The summed E-state index contributed by atoms with van der Waals surface area (Å²) in [5.41, 5.74) is 8.24. The van der Waals surface area contributed by atoms with Crippen LogP contribution in [0.15, 0.2) is 54.6 Å². The summed E-state index contributed by atoms with van der Waals surface area (Å²) in [6.45, 7) is 0.472. The summed E-state index contributed by atoms with van der Waals surface area (Å²) < 4.78 is 5.39. The maximum atomic E-state index is 13.5. The third-order valence-corrected chi connectivity index (χ3v) is 6.79. The minimum atomic E-state index is -0.314. The first-order valence-corrected chi connectivity index (χ1v) is 10.3. The number of hydrogen-bond donors (Lipinski definition) is 2. The van der Waals surface area contributed by atoms with Crippen LogP contribution in [0.1, 0.15) is 42.9 Å². The molecule has 0 aromatic heterocycles. The first-order valence-electron chi connectivity index (χ1n) is 10.3. The van der Waals surface area contributed by atoms with Crippen molar-refractivity contribution in [2.24, 2.45) is 23.0 Å². The predicted octanol–water partition coefficient (Wildman–Crippen LogP) is 3.86. The van der Waals surface area contributed by atoms with Gasteiger partial charge in [-0.3, -0.25) is 4.79 Å². The van der Waals surface area contributed by atoms with E-state index in [1.54, 1.807) is 7.11 Å². The van der Waals surface area contributed by atoms with Gasteiger partial charge in [0.1, 0.15) is 5.75 Å². The lowest BCUT2D eigenvalue weighted by atomic mass is 9.68.